The Morgan fingerprint density at radius 3 is 2.50 bits per heavy atom. The van der Waals surface area contributed by atoms with Crippen molar-refractivity contribution >= 4 is 32.3 Å². The van der Waals surface area contributed by atoms with E-state index in [0.717, 1.165) is 0 Å². The summed E-state index contributed by atoms with van der Waals surface area (Å²) < 4.78 is 30.5. The number of ether oxygens (including phenoxy) is 1. The molecule has 0 unspecified atom stereocenters. The van der Waals surface area contributed by atoms with Crippen LogP contribution in [0.4, 0.5) is 0 Å². The Hall–Kier alpha value is -2.11. The predicted molar refractivity (Wildman–Crippen MR) is 85.2 cm³/mol. The molecule has 0 radical (unpaired) electrons. The molecule has 112 valence electrons. The van der Waals surface area contributed by atoms with Crippen LogP contribution < -0.4 is 4.74 Å². The van der Waals surface area contributed by atoms with Crippen LogP contribution in [-0.2, 0) is 9.84 Å². The topological polar surface area (TPSA) is 56.3 Å². The van der Waals surface area contributed by atoms with Gasteiger partial charge in [-0.25, -0.2) is 8.42 Å². The number of hydrogen-bond acceptors (Lipinski definition) is 4. The molecule has 0 saturated heterocycles. The fraction of sp³-hybridized carbons (Fsp3) is 0.0625. The first kappa shape index (κ1) is 14.8. The van der Waals surface area contributed by atoms with Crippen LogP contribution in [-0.4, -0.2) is 20.5 Å². The third kappa shape index (κ3) is 2.42. The van der Waals surface area contributed by atoms with Gasteiger partial charge in [0.05, 0.1) is 22.5 Å². The molecule has 22 heavy (non-hydrogen) atoms. The number of fused-ring (bicyclic) bond motifs is 1. The Morgan fingerprint density at radius 1 is 1.09 bits per heavy atom. The number of nitrogens with zero attached hydrogens (tertiary/aromatic N) is 1. The van der Waals surface area contributed by atoms with Crippen molar-refractivity contribution in [2.24, 2.45) is 0 Å². The number of aromatic nitrogens is 1. The van der Waals surface area contributed by atoms with Gasteiger partial charge < -0.3 is 4.74 Å². The van der Waals surface area contributed by atoms with Gasteiger partial charge in [0.1, 0.15) is 10.6 Å². The first-order valence-electron chi connectivity index (χ1n) is 6.46. The van der Waals surface area contributed by atoms with Crippen molar-refractivity contribution in [3.8, 4) is 5.75 Å². The Bertz CT molecular complexity index is 940. The summed E-state index contributed by atoms with van der Waals surface area (Å²) in [5, 5.41) is 0.686. The highest BCUT2D eigenvalue weighted by Crippen LogP contribution is 2.33. The molecule has 0 aliphatic carbocycles. The number of benzene rings is 2. The van der Waals surface area contributed by atoms with E-state index in [1.165, 1.54) is 25.4 Å². The third-order valence-corrected chi connectivity index (χ3v) is 5.62. The molecule has 0 bridgehead atoms. The van der Waals surface area contributed by atoms with Crippen LogP contribution >= 0.6 is 11.6 Å². The first-order valence-corrected chi connectivity index (χ1v) is 8.32. The van der Waals surface area contributed by atoms with Crippen LogP contribution in [0.3, 0.4) is 0 Å². The first-order chi connectivity index (χ1) is 10.5. The molecular weight excluding hydrogens is 322 g/mol. The molecule has 0 aliphatic rings. The zero-order chi connectivity index (χ0) is 15.7. The van der Waals surface area contributed by atoms with Gasteiger partial charge in [-0.1, -0.05) is 29.8 Å². The zero-order valence-electron chi connectivity index (χ0n) is 11.7. The van der Waals surface area contributed by atoms with Crippen molar-refractivity contribution in [3.05, 3.63) is 59.8 Å². The van der Waals surface area contributed by atoms with Crippen molar-refractivity contribution < 1.29 is 13.2 Å². The van der Waals surface area contributed by atoms with Gasteiger partial charge in [0.25, 0.3) is 0 Å². The zero-order valence-corrected chi connectivity index (χ0v) is 13.2. The molecule has 0 saturated carbocycles. The maximum absolute atomic E-state index is 12.7. The van der Waals surface area contributed by atoms with E-state index in [9.17, 15) is 8.42 Å². The summed E-state index contributed by atoms with van der Waals surface area (Å²) in [6, 6.07) is 13.3. The lowest BCUT2D eigenvalue weighted by Gasteiger charge is -2.09. The maximum atomic E-state index is 12.7. The van der Waals surface area contributed by atoms with Crippen LogP contribution in [0, 0.1) is 0 Å². The van der Waals surface area contributed by atoms with E-state index in [4.69, 9.17) is 16.3 Å². The number of rotatable bonds is 3. The van der Waals surface area contributed by atoms with E-state index >= 15 is 0 Å². The molecule has 0 N–H and O–H groups in total. The summed E-state index contributed by atoms with van der Waals surface area (Å²) in [7, 11) is -2.18. The van der Waals surface area contributed by atoms with Crippen LogP contribution in [0.2, 0.25) is 5.02 Å². The van der Waals surface area contributed by atoms with Gasteiger partial charge in [0.2, 0.25) is 9.84 Å². The Morgan fingerprint density at radius 2 is 1.82 bits per heavy atom. The van der Waals surface area contributed by atoms with Gasteiger partial charge in [-0.2, -0.15) is 0 Å². The van der Waals surface area contributed by atoms with Crippen LogP contribution in [0.5, 0.6) is 5.75 Å². The van der Waals surface area contributed by atoms with Gasteiger partial charge in [-0.15, -0.1) is 0 Å². The normalized spacial score (nSPS) is 11.5. The van der Waals surface area contributed by atoms with E-state index < -0.39 is 9.84 Å². The molecule has 0 aliphatic heterocycles. The van der Waals surface area contributed by atoms with E-state index in [1.54, 1.807) is 36.4 Å². The summed E-state index contributed by atoms with van der Waals surface area (Å²) >= 11 is 6.33. The second kappa shape index (κ2) is 5.59. The lowest BCUT2D eigenvalue weighted by Crippen LogP contribution is -2.03. The Balaban J connectivity index is 2.26. The minimum atomic E-state index is -3.72. The largest absolute Gasteiger partial charge is 0.497 e. The van der Waals surface area contributed by atoms with Crippen LogP contribution in [0.1, 0.15) is 0 Å². The standard InChI is InChI=1S/C16H12ClNO3S/c1-21-11-7-8-14-13(9-11)16(17)15(10-18-14)22(19,20)12-5-3-2-4-6-12/h2-10H,1H3. The number of pyridine rings is 1. The Kier molecular flexibility index (Phi) is 3.76. The fourth-order valence-electron chi connectivity index (χ4n) is 2.16. The number of sulfone groups is 1. The van der Waals surface area contributed by atoms with Gasteiger partial charge in [-0.3, -0.25) is 4.98 Å². The van der Waals surface area contributed by atoms with E-state index in [1.807, 2.05) is 0 Å². The van der Waals surface area contributed by atoms with Gasteiger partial charge in [-0.05, 0) is 30.3 Å². The minimum absolute atomic E-state index is 0.0129. The van der Waals surface area contributed by atoms with Crippen molar-refractivity contribution in [1.82, 2.24) is 4.98 Å². The number of hydrogen-bond donors (Lipinski definition) is 0. The van der Waals surface area contributed by atoms with Crippen LogP contribution in [0.15, 0.2) is 64.5 Å². The van der Waals surface area contributed by atoms with Crippen molar-refractivity contribution in [2.75, 3.05) is 7.11 Å². The molecule has 3 rings (SSSR count). The molecule has 0 amide bonds. The molecular formula is C16H12ClNO3S. The minimum Gasteiger partial charge on any atom is -0.497 e. The smallest absolute Gasteiger partial charge is 0.209 e. The summed E-state index contributed by atoms with van der Waals surface area (Å²) in [5.41, 5.74) is 0.609. The average Bonchev–Trinajstić information content (AvgIpc) is 2.55. The molecule has 1 aromatic heterocycles. The van der Waals surface area contributed by atoms with E-state index in [-0.39, 0.29) is 14.8 Å². The lowest BCUT2D eigenvalue weighted by molar-refractivity contribution is 0.415. The molecule has 0 spiro atoms. The average molecular weight is 334 g/mol. The highest BCUT2D eigenvalue weighted by Gasteiger charge is 2.22. The third-order valence-electron chi connectivity index (χ3n) is 3.32. The van der Waals surface area contributed by atoms with Crippen molar-refractivity contribution in [2.45, 2.75) is 9.79 Å². The lowest BCUT2D eigenvalue weighted by atomic mass is 10.2. The summed E-state index contributed by atoms with van der Waals surface area (Å²) in [4.78, 5) is 4.36. The Labute approximate surface area is 133 Å². The number of halogens is 1. The summed E-state index contributed by atoms with van der Waals surface area (Å²) in [6.45, 7) is 0. The second-order valence-corrected chi connectivity index (χ2v) is 6.93. The van der Waals surface area contributed by atoms with Crippen molar-refractivity contribution in [3.63, 3.8) is 0 Å². The fourth-order valence-corrected chi connectivity index (χ4v) is 3.97. The van der Waals surface area contributed by atoms with Crippen LogP contribution in [0.25, 0.3) is 10.9 Å². The highest BCUT2D eigenvalue weighted by atomic mass is 35.5. The molecule has 2 aromatic carbocycles. The molecule has 0 atom stereocenters. The summed E-state index contributed by atoms with van der Waals surface area (Å²) in [6.07, 6.45) is 1.29. The quantitative estimate of drug-likeness (QED) is 0.733. The molecule has 0 fully saturated rings. The maximum Gasteiger partial charge on any atom is 0.209 e. The highest BCUT2D eigenvalue weighted by molar-refractivity contribution is 7.91. The summed E-state index contributed by atoms with van der Waals surface area (Å²) in [5.74, 6) is 0.588. The van der Waals surface area contributed by atoms with E-state index in [2.05, 4.69) is 4.98 Å². The molecule has 4 nitrogen and oxygen atoms in total. The van der Waals surface area contributed by atoms with Gasteiger partial charge >= 0.3 is 0 Å². The molecule has 1 heterocycles. The molecule has 6 heteroatoms. The van der Waals surface area contributed by atoms with E-state index in [0.29, 0.717) is 16.7 Å². The molecule has 3 aromatic rings. The van der Waals surface area contributed by atoms with Gasteiger partial charge in [0, 0.05) is 11.6 Å². The predicted octanol–water partition coefficient (Wildman–Crippen LogP) is 3.73. The van der Waals surface area contributed by atoms with Crippen molar-refractivity contribution in [1.29, 1.82) is 0 Å². The van der Waals surface area contributed by atoms with Gasteiger partial charge in [0.15, 0.2) is 0 Å². The monoisotopic (exact) mass is 333 g/mol. The second-order valence-electron chi connectivity index (χ2n) is 4.64. The SMILES string of the molecule is COc1ccc2ncc(S(=O)(=O)c3ccccc3)c(Cl)c2c1. The number of methoxy groups -OCH3 is 1.